The number of nitrogens with zero attached hydrogens (tertiary/aromatic N) is 1. The average Bonchev–Trinajstić information content (AvgIpc) is 2.19. The lowest BCUT2D eigenvalue weighted by molar-refractivity contribution is -0.141. The molecule has 15 heavy (non-hydrogen) atoms. The molecule has 3 N–H and O–H groups in total. The largest absolute Gasteiger partial charge is 0.480 e. The summed E-state index contributed by atoms with van der Waals surface area (Å²) in [5, 5.41) is 8.78. The Morgan fingerprint density at radius 2 is 2.40 bits per heavy atom. The zero-order chi connectivity index (χ0) is 11.3. The highest BCUT2D eigenvalue weighted by Gasteiger charge is 2.27. The van der Waals surface area contributed by atoms with Crippen molar-refractivity contribution in [3.05, 3.63) is 30.1 Å². The SMILES string of the molecule is C[C@](N)(CSCc1ccccn1)C(=O)O. The first-order valence-corrected chi connectivity index (χ1v) is 5.68. The van der Waals surface area contributed by atoms with Crippen LogP contribution in [0, 0.1) is 0 Å². The fraction of sp³-hybridized carbons (Fsp3) is 0.400. The van der Waals surface area contributed by atoms with Crippen molar-refractivity contribution in [3.63, 3.8) is 0 Å². The van der Waals surface area contributed by atoms with E-state index in [4.69, 9.17) is 10.8 Å². The Morgan fingerprint density at radius 3 is 2.93 bits per heavy atom. The van der Waals surface area contributed by atoms with Crippen LogP contribution in [0.2, 0.25) is 0 Å². The third kappa shape index (κ3) is 3.89. The summed E-state index contributed by atoms with van der Waals surface area (Å²) in [6.45, 7) is 1.51. The summed E-state index contributed by atoms with van der Waals surface area (Å²) in [6, 6.07) is 5.65. The van der Waals surface area contributed by atoms with Gasteiger partial charge in [-0.15, -0.1) is 0 Å². The number of pyridine rings is 1. The second-order valence-corrected chi connectivity index (χ2v) is 4.52. The molecule has 1 rings (SSSR count). The van der Waals surface area contributed by atoms with Crippen molar-refractivity contribution in [1.82, 2.24) is 4.98 Å². The van der Waals surface area contributed by atoms with Gasteiger partial charge in [-0.1, -0.05) is 6.07 Å². The number of aromatic nitrogens is 1. The summed E-state index contributed by atoms with van der Waals surface area (Å²) in [6.07, 6.45) is 1.72. The minimum atomic E-state index is -1.17. The summed E-state index contributed by atoms with van der Waals surface area (Å²) in [4.78, 5) is 14.8. The van der Waals surface area contributed by atoms with Crippen LogP contribution in [-0.2, 0) is 10.5 Å². The lowest BCUT2D eigenvalue weighted by Crippen LogP contribution is -2.47. The van der Waals surface area contributed by atoms with Crippen molar-refractivity contribution in [2.75, 3.05) is 5.75 Å². The minimum Gasteiger partial charge on any atom is -0.480 e. The lowest BCUT2D eigenvalue weighted by atomic mass is 10.1. The van der Waals surface area contributed by atoms with Gasteiger partial charge in [0.15, 0.2) is 0 Å². The fourth-order valence-electron chi connectivity index (χ4n) is 0.913. The monoisotopic (exact) mass is 226 g/mol. The van der Waals surface area contributed by atoms with Gasteiger partial charge in [0.25, 0.3) is 0 Å². The summed E-state index contributed by atoms with van der Waals surface area (Å²) in [5.74, 6) is 0.0795. The molecular weight excluding hydrogens is 212 g/mol. The van der Waals surface area contributed by atoms with Crippen LogP contribution in [0.4, 0.5) is 0 Å². The third-order valence-electron chi connectivity index (χ3n) is 1.87. The van der Waals surface area contributed by atoms with E-state index >= 15 is 0 Å². The first kappa shape index (κ1) is 12.0. The molecule has 0 aliphatic heterocycles. The highest BCUT2D eigenvalue weighted by Crippen LogP contribution is 2.15. The molecule has 4 nitrogen and oxygen atoms in total. The third-order valence-corrected chi connectivity index (χ3v) is 3.17. The van der Waals surface area contributed by atoms with Crippen molar-refractivity contribution >= 4 is 17.7 Å². The summed E-state index contributed by atoms with van der Waals surface area (Å²) >= 11 is 1.47. The van der Waals surface area contributed by atoms with E-state index in [1.54, 1.807) is 6.20 Å². The maximum absolute atomic E-state index is 10.7. The maximum atomic E-state index is 10.7. The number of carboxylic acids is 1. The normalized spacial score (nSPS) is 14.5. The first-order valence-electron chi connectivity index (χ1n) is 4.52. The van der Waals surface area contributed by atoms with Crippen molar-refractivity contribution in [2.24, 2.45) is 5.73 Å². The van der Waals surface area contributed by atoms with Crippen LogP contribution in [0.5, 0.6) is 0 Å². The van der Waals surface area contributed by atoms with E-state index in [9.17, 15) is 4.79 Å². The van der Waals surface area contributed by atoms with Crippen LogP contribution >= 0.6 is 11.8 Å². The van der Waals surface area contributed by atoms with Crippen LogP contribution in [0.25, 0.3) is 0 Å². The Hall–Kier alpha value is -1.07. The molecule has 0 unspecified atom stereocenters. The number of thioether (sulfide) groups is 1. The summed E-state index contributed by atoms with van der Waals surface area (Å²) in [5.41, 5.74) is 5.35. The number of nitrogens with two attached hydrogens (primary N) is 1. The van der Waals surface area contributed by atoms with Crippen LogP contribution < -0.4 is 5.73 Å². The van der Waals surface area contributed by atoms with Gasteiger partial charge in [-0.05, 0) is 19.1 Å². The van der Waals surface area contributed by atoms with Gasteiger partial charge >= 0.3 is 5.97 Å². The van der Waals surface area contributed by atoms with Crippen molar-refractivity contribution in [3.8, 4) is 0 Å². The molecule has 1 heterocycles. The van der Waals surface area contributed by atoms with Gasteiger partial charge in [-0.3, -0.25) is 9.78 Å². The molecule has 0 aliphatic rings. The predicted molar refractivity (Wildman–Crippen MR) is 60.6 cm³/mol. The Labute approximate surface area is 92.9 Å². The summed E-state index contributed by atoms with van der Waals surface area (Å²) in [7, 11) is 0. The number of hydrogen-bond donors (Lipinski definition) is 2. The Kier molecular flexibility index (Phi) is 4.11. The van der Waals surface area contributed by atoms with E-state index < -0.39 is 11.5 Å². The molecule has 0 fully saturated rings. The molecule has 82 valence electrons. The van der Waals surface area contributed by atoms with Crippen LogP contribution in [0.3, 0.4) is 0 Å². The van der Waals surface area contributed by atoms with E-state index in [0.29, 0.717) is 11.5 Å². The number of rotatable bonds is 5. The number of hydrogen-bond acceptors (Lipinski definition) is 4. The number of carbonyl (C=O) groups is 1. The van der Waals surface area contributed by atoms with E-state index in [0.717, 1.165) is 5.69 Å². The molecule has 0 amide bonds. The molecule has 0 radical (unpaired) electrons. The van der Waals surface area contributed by atoms with Gasteiger partial charge in [0.2, 0.25) is 0 Å². The smallest absolute Gasteiger partial charge is 0.324 e. The molecule has 0 aliphatic carbocycles. The molecule has 0 saturated carbocycles. The van der Waals surface area contributed by atoms with Crippen LogP contribution in [0.1, 0.15) is 12.6 Å². The first-order chi connectivity index (χ1) is 7.02. The van der Waals surface area contributed by atoms with E-state index in [-0.39, 0.29) is 0 Å². The quantitative estimate of drug-likeness (QED) is 0.786. The Balaban J connectivity index is 2.37. The highest BCUT2D eigenvalue weighted by atomic mass is 32.2. The molecular formula is C10H14N2O2S. The van der Waals surface area contributed by atoms with Gasteiger partial charge in [0, 0.05) is 17.7 Å². The number of aliphatic carboxylic acids is 1. The molecule has 0 spiro atoms. The Morgan fingerprint density at radius 1 is 1.67 bits per heavy atom. The van der Waals surface area contributed by atoms with Gasteiger partial charge < -0.3 is 10.8 Å². The molecule has 0 aromatic carbocycles. The van der Waals surface area contributed by atoms with Crippen molar-refractivity contribution in [1.29, 1.82) is 0 Å². The molecule has 1 atom stereocenters. The van der Waals surface area contributed by atoms with Gasteiger partial charge in [-0.25, -0.2) is 0 Å². The van der Waals surface area contributed by atoms with E-state index in [2.05, 4.69) is 4.98 Å². The zero-order valence-corrected chi connectivity index (χ0v) is 9.33. The molecule has 0 bridgehead atoms. The van der Waals surface area contributed by atoms with Crippen molar-refractivity contribution in [2.45, 2.75) is 18.2 Å². The van der Waals surface area contributed by atoms with Gasteiger partial charge in [-0.2, -0.15) is 11.8 Å². The second kappa shape index (κ2) is 5.14. The predicted octanol–water partition coefficient (Wildman–Crippen LogP) is 1.12. The standard InChI is InChI=1S/C10H14N2O2S/c1-10(11,9(13)14)7-15-6-8-4-2-3-5-12-8/h2-5H,6-7,11H2,1H3,(H,13,14)/t10-/m0/s1. The van der Waals surface area contributed by atoms with Crippen LogP contribution in [0.15, 0.2) is 24.4 Å². The topological polar surface area (TPSA) is 76.2 Å². The average molecular weight is 226 g/mol. The van der Waals surface area contributed by atoms with E-state index in [1.807, 2.05) is 18.2 Å². The number of carboxylic acid groups (broad SMARTS) is 1. The Bertz CT molecular complexity index is 327. The van der Waals surface area contributed by atoms with Crippen LogP contribution in [-0.4, -0.2) is 27.4 Å². The molecule has 1 aromatic heterocycles. The highest BCUT2D eigenvalue weighted by molar-refractivity contribution is 7.98. The second-order valence-electron chi connectivity index (χ2n) is 3.54. The van der Waals surface area contributed by atoms with Gasteiger partial charge in [0.05, 0.1) is 5.69 Å². The van der Waals surface area contributed by atoms with Gasteiger partial charge in [0.1, 0.15) is 5.54 Å². The van der Waals surface area contributed by atoms with Crippen molar-refractivity contribution < 1.29 is 9.90 Å². The fourth-order valence-corrected chi connectivity index (χ4v) is 1.94. The minimum absolute atomic E-state index is 0.374. The maximum Gasteiger partial charge on any atom is 0.324 e. The summed E-state index contributed by atoms with van der Waals surface area (Å²) < 4.78 is 0. The lowest BCUT2D eigenvalue weighted by Gasteiger charge is -2.17. The molecule has 0 saturated heterocycles. The molecule has 5 heteroatoms. The molecule has 1 aromatic rings. The zero-order valence-electron chi connectivity index (χ0n) is 8.51. The van der Waals surface area contributed by atoms with E-state index in [1.165, 1.54) is 18.7 Å².